The van der Waals surface area contributed by atoms with E-state index in [0.717, 1.165) is 11.8 Å². The number of amides is 1. The van der Waals surface area contributed by atoms with Gasteiger partial charge in [-0.1, -0.05) is 29.3 Å². The molecule has 3 aromatic rings. The molecule has 9 heteroatoms. The van der Waals surface area contributed by atoms with Gasteiger partial charge in [0.15, 0.2) is 5.69 Å². The second-order valence-electron chi connectivity index (χ2n) is 5.71. The Morgan fingerprint density at radius 1 is 1.11 bits per heavy atom. The van der Waals surface area contributed by atoms with Crippen molar-refractivity contribution >= 4 is 34.8 Å². The molecule has 140 valence electrons. The zero-order valence-corrected chi connectivity index (χ0v) is 15.3. The van der Waals surface area contributed by atoms with E-state index in [0.29, 0.717) is 14.7 Å². The van der Waals surface area contributed by atoms with Crippen LogP contribution in [-0.4, -0.2) is 15.7 Å². The topological polar surface area (TPSA) is 46.9 Å². The molecule has 0 unspecified atom stereocenters. The van der Waals surface area contributed by atoms with E-state index in [-0.39, 0.29) is 11.4 Å². The monoisotopic (exact) mass is 413 g/mol. The number of nitrogens with one attached hydrogen (secondary N) is 1. The van der Waals surface area contributed by atoms with Gasteiger partial charge in [-0.05, 0) is 48.9 Å². The summed E-state index contributed by atoms with van der Waals surface area (Å²) < 4.78 is 41.6. The minimum atomic E-state index is -4.80. The lowest BCUT2D eigenvalue weighted by molar-refractivity contribution is -0.143. The van der Waals surface area contributed by atoms with Crippen LogP contribution in [0.25, 0.3) is 5.69 Å². The predicted octanol–water partition coefficient (Wildman–Crippen LogP) is 5.76. The maximum atomic E-state index is 13.6. The van der Waals surface area contributed by atoms with Gasteiger partial charge < -0.3 is 5.32 Å². The first-order valence-electron chi connectivity index (χ1n) is 7.65. The van der Waals surface area contributed by atoms with Crippen LogP contribution < -0.4 is 5.32 Å². The number of anilines is 1. The number of alkyl halides is 3. The van der Waals surface area contributed by atoms with Crippen LogP contribution >= 0.6 is 23.2 Å². The summed E-state index contributed by atoms with van der Waals surface area (Å²) in [5, 5.41) is 6.92. The normalized spacial score (nSPS) is 11.5. The largest absolute Gasteiger partial charge is 0.434 e. The number of carbonyl (C=O) groups is 1. The Bertz CT molecular complexity index is 998. The zero-order chi connectivity index (χ0) is 19.8. The molecule has 3 rings (SSSR count). The van der Waals surface area contributed by atoms with Gasteiger partial charge in [-0.3, -0.25) is 4.79 Å². The lowest BCUT2D eigenvalue weighted by Gasteiger charge is -2.13. The average Bonchev–Trinajstić information content (AvgIpc) is 3.04. The first-order chi connectivity index (χ1) is 12.7. The van der Waals surface area contributed by atoms with Crippen LogP contribution in [0.3, 0.4) is 0 Å². The Labute approximate surface area is 162 Å². The molecule has 0 saturated carbocycles. The highest BCUT2D eigenvalue weighted by atomic mass is 35.5. The highest BCUT2D eigenvalue weighted by molar-refractivity contribution is 6.31. The van der Waals surface area contributed by atoms with Gasteiger partial charge in [-0.2, -0.15) is 18.3 Å². The van der Waals surface area contributed by atoms with E-state index >= 15 is 0 Å². The highest BCUT2D eigenvalue weighted by Crippen LogP contribution is 2.34. The fourth-order valence-electron chi connectivity index (χ4n) is 2.43. The van der Waals surface area contributed by atoms with Gasteiger partial charge in [0, 0.05) is 15.7 Å². The number of aryl methyl sites for hydroxylation is 1. The molecule has 27 heavy (non-hydrogen) atoms. The number of benzene rings is 2. The number of carbonyl (C=O) groups excluding carboxylic acids is 1. The van der Waals surface area contributed by atoms with Crippen LogP contribution in [0.1, 0.15) is 21.6 Å². The standard InChI is InChI=1S/C18H12Cl2F3N3O/c1-10-2-5-12(8-15(10)20)25-17(27)14-9-24-26(16(14)18(21,22)23)13-6-3-11(19)4-7-13/h2-9H,1H3,(H,25,27). The summed E-state index contributed by atoms with van der Waals surface area (Å²) >= 11 is 11.8. The van der Waals surface area contributed by atoms with Crippen molar-refractivity contribution in [2.24, 2.45) is 0 Å². The average molecular weight is 414 g/mol. The fraction of sp³-hybridized carbons (Fsp3) is 0.111. The zero-order valence-electron chi connectivity index (χ0n) is 13.8. The van der Waals surface area contributed by atoms with E-state index in [9.17, 15) is 18.0 Å². The number of hydrogen-bond donors (Lipinski definition) is 1. The molecular weight excluding hydrogens is 402 g/mol. The summed E-state index contributed by atoms with van der Waals surface area (Å²) in [6, 6.07) is 10.3. The summed E-state index contributed by atoms with van der Waals surface area (Å²) in [6.45, 7) is 1.77. The third kappa shape index (κ3) is 4.09. The Morgan fingerprint density at radius 3 is 2.37 bits per heavy atom. The SMILES string of the molecule is Cc1ccc(NC(=O)c2cnn(-c3ccc(Cl)cc3)c2C(F)(F)F)cc1Cl. The number of hydrogen-bond acceptors (Lipinski definition) is 2. The second-order valence-corrected chi connectivity index (χ2v) is 6.55. The van der Waals surface area contributed by atoms with E-state index in [4.69, 9.17) is 23.2 Å². The van der Waals surface area contributed by atoms with Crippen LogP contribution in [0.2, 0.25) is 10.0 Å². The van der Waals surface area contributed by atoms with Gasteiger partial charge in [-0.25, -0.2) is 4.68 Å². The minimum absolute atomic E-state index is 0.129. The Kier molecular flexibility index (Phi) is 5.17. The molecule has 1 N–H and O–H groups in total. The van der Waals surface area contributed by atoms with Crippen LogP contribution in [-0.2, 0) is 6.18 Å². The molecule has 0 bridgehead atoms. The summed E-state index contributed by atoms with van der Waals surface area (Å²) in [7, 11) is 0. The van der Waals surface area contributed by atoms with Gasteiger partial charge >= 0.3 is 6.18 Å². The van der Waals surface area contributed by atoms with E-state index in [1.54, 1.807) is 19.1 Å². The summed E-state index contributed by atoms with van der Waals surface area (Å²) in [4.78, 5) is 12.4. The van der Waals surface area contributed by atoms with Crippen molar-refractivity contribution in [2.45, 2.75) is 13.1 Å². The molecule has 1 aromatic heterocycles. The highest BCUT2D eigenvalue weighted by Gasteiger charge is 2.40. The Hall–Kier alpha value is -2.51. The number of aromatic nitrogens is 2. The molecule has 0 atom stereocenters. The Balaban J connectivity index is 2.01. The van der Waals surface area contributed by atoms with Gasteiger partial charge in [0.1, 0.15) is 0 Å². The van der Waals surface area contributed by atoms with Crippen LogP contribution in [0, 0.1) is 6.92 Å². The first kappa shape index (κ1) is 19.3. The van der Waals surface area contributed by atoms with Crippen molar-refractivity contribution in [3.8, 4) is 5.69 Å². The molecule has 0 fully saturated rings. The smallest absolute Gasteiger partial charge is 0.322 e. The van der Waals surface area contributed by atoms with Crippen LogP contribution in [0.4, 0.5) is 18.9 Å². The molecule has 1 heterocycles. The quantitative estimate of drug-likeness (QED) is 0.593. The van der Waals surface area contributed by atoms with E-state index in [2.05, 4.69) is 10.4 Å². The molecule has 0 radical (unpaired) electrons. The molecule has 4 nitrogen and oxygen atoms in total. The maximum absolute atomic E-state index is 13.6. The third-order valence-corrected chi connectivity index (χ3v) is 4.44. The molecule has 2 aromatic carbocycles. The maximum Gasteiger partial charge on any atom is 0.434 e. The second kappa shape index (κ2) is 7.25. The minimum Gasteiger partial charge on any atom is -0.322 e. The lowest BCUT2D eigenvalue weighted by atomic mass is 10.2. The van der Waals surface area contributed by atoms with Crippen molar-refractivity contribution in [3.63, 3.8) is 0 Å². The van der Waals surface area contributed by atoms with Crippen molar-refractivity contribution < 1.29 is 18.0 Å². The fourth-order valence-corrected chi connectivity index (χ4v) is 2.74. The van der Waals surface area contributed by atoms with Crippen molar-refractivity contribution in [1.29, 1.82) is 0 Å². The molecule has 0 saturated heterocycles. The van der Waals surface area contributed by atoms with Crippen molar-refractivity contribution in [2.75, 3.05) is 5.32 Å². The lowest BCUT2D eigenvalue weighted by Crippen LogP contribution is -2.20. The Morgan fingerprint density at radius 2 is 1.78 bits per heavy atom. The molecule has 0 spiro atoms. The number of nitrogens with zero attached hydrogens (tertiary/aromatic N) is 2. The predicted molar refractivity (Wildman–Crippen MR) is 97.7 cm³/mol. The summed E-state index contributed by atoms with van der Waals surface area (Å²) in [6.07, 6.45) is -3.92. The van der Waals surface area contributed by atoms with E-state index < -0.39 is 23.3 Å². The summed E-state index contributed by atoms with van der Waals surface area (Å²) in [5.74, 6) is -0.942. The third-order valence-electron chi connectivity index (χ3n) is 3.78. The molecule has 0 aliphatic carbocycles. The summed E-state index contributed by atoms with van der Waals surface area (Å²) in [5.41, 5.74) is -0.594. The first-order valence-corrected chi connectivity index (χ1v) is 8.41. The van der Waals surface area contributed by atoms with Gasteiger partial charge in [0.2, 0.25) is 0 Å². The van der Waals surface area contributed by atoms with E-state index in [1.165, 1.54) is 30.3 Å². The van der Waals surface area contributed by atoms with Crippen LogP contribution in [0.5, 0.6) is 0 Å². The number of rotatable bonds is 3. The van der Waals surface area contributed by atoms with Crippen molar-refractivity contribution in [1.82, 2.24) is 9.78 Å². The molecular formula is C18H12Cl2F3N3O. The molecule has 0 aliphatic heterocycles. The molecule has 0 aliphatic rings. The van der Waals surface area contributed by atoms with Crippen LogP contribution in [0.15, 0.2) is 48.7 Å². The van der Waals surface area contributed by atoms with Gasteiger partial charge in [0.25, 0.3) is 5.91 Å². The van der Waals surface area contributed by atoms with Gasteiger partial charge in [-0.15, -0.1) is 0 Å². The molecule has 1 amide bonds. The van der Waals surface area contributed by atoms with E-state index in [1.807, 2.05) is 0 Å². The van der Waals surface area contributed by atoms with Gasteiger partial charge in [0.05, 0.1) is 17.4 Å². The number of halogens is 5. The van der Waals surface area contributed by atoms with Crippen molar-refractivity contribution in [3.05, 3.63) is 75.5 Å².